The highest BCUT2D eigenvalue weighted by molar-refractivity contribution is 9.10. The number of rotatable bonds is 4. The van der Waals surface area contributed by atoms with Crippen molar-refractivity contribution < 1.29 is 18.5 Å². The van der Waals surface area contributed by atoms with Crippen LogP contribution in [0.5, 0.6) is 0 Å². The summed E-state index contributed by atoms with van der Waals surface area (Å²) in [5.74, 6) is -0.698. The SMILES string of the molecule is O=C(c1ccco1)c1conc1C(=O)c1ccc(Br)cc1. The molecule has 0 saturated carbocycles. The first-order valence-electron chi connectivity index (χ1n) is 5.99. The predicted octanol–water partition coefficient (Wildman–Crippen LogP) is 3.49. The molecule has 0 aliphatic rings. The number of halogens is 1. The Morgan fingerprint density at radius 3 is 2.48 bits per heavy atom. The molecule has 0 atom stereocenters. The van der Waals surface area contributed by atoms with Gasteiger partial charge in [-0.05, 0) is 36.4 Å². The molecule has 0 saturated heterocycles. The smallest absolute Gasteiger partial charge is 0.233 e. The molecule has 2 aromatic heterocycles. The van der Waals surface area contributed by atoms with E-state index in [2.05, 4.69) is 21.1 Å². The van der Waals surface area contributed by atoms with E-state index in [0.29, 0.717) is 5.56 Å². The van der Waals surface area contributed by atoms with Crippen LogP contribution in [-0.2, 0) is 0 Å². The zero-order chi connectivity index (χ0) is 14.8. The number of ketones is 2. The minimum Gasteiger partial charge on any atom is -0.461 e. The Hall–Kier alpha value is -2.47. The zero-order valence-electron chi connectivity index (χ0n) is 10.6. The van der Waals surface area contributed by atoms with E-state index in [0.717, 1.165) is 10.7 Å². The number of hydrogen-bond donors (Lipinski definition) is 0. The molecule has 0 N–H and O–H groups in total. The largest absolute Gasteiger partial charge is 0.461 e. The number of hydrogen-bond acceptors (Lipinski definition) is 5. The molecule has 3 rings (SSSR count). The van der Waals surface area contributed by atoms with Crippen molar-refractivity contribution in [2.24, 2.45) is 0 Å². The van der Waals surface area contributed by atoms with Crippen molar-refractivity contribution in [3.05, 3.63) is 76.0 Å². The van der Waals surface area contributed by atoms with Crippen LogP contribution in [0, 0.1) is 0 Å². The third-order valence-electron chi connectivity index (χ3n) is 2.88. The van der Waals surface area contributed by atoms with E-state index in [1.807, 2.05) is 0 Å². The van der Waals surface area contributed by atoms with Crippen molar-refractivity contribution in [3.63, 3.8) is 0 Å². The van der Waals surface area contributed by atoms with Crippen molar-refractivity contribution >= 4 is 27.5 Å². The normalized spacial score (nSPS) is 10.5. The van der Waals surface area contributed by atoms with Gasteiger partial charge in [0.05, 0.1) is 11.8 Å². The van der Waals surface area contributed by atoms with Crippen molar-refractivity contribution in [2.75, 3.05) is 0 Å². The summed E-state index contributed by atoms with van der Waals surface area (Å²) in [5.41, 5.74) is 0.470. The molecule has 6 heteroatoms. The molecule has 0 bridgehead atoms. The number of carbonyl (C=O) groups excluding carboxylic acids is 2. The van der Waals surface area contributed by atoms with Gasteiger partial charge < -0.3 is 8.94 Å². The molecular weight excluding hydrogens is 338 g/mol. The molecule has 0 aliphatic carbocycles. The average Bonchev–Trinajstić information content (AvgIpc) is 3.18. The fourth-order valence-electron chi connectivity index (χ4n) is 1.84. The molecule has 5 nitrogen and oxygen atoms in total. The third-order valence-corrected chi connectivity index (χ3v) is 3.41. The van der Waals surface area contributed by atoms with Crippen LogP contribution in [0.15, 0.2) is 62.3 Å². The number of aromatic nitrogens is 1. The lowest BCUT2D eigenvalue weighted by atomic mass is 10.0. The van der Waals surface area contributed by atoms with E-state index in [9.17, 15) is 9.59 Å². The van der Waals surface area contributed by atoms with Crippen LogP contribution in [0.4, 0.5) is 0 Å². The first-order valence-corrected chi connectivity index (χ1v) is 6.79. The number of benzene rings is 1. The minimum atomic E-state index is -0.443. The van der Waals surface area contributed by atoms with Gasteiger partial charge in [0.15, 0.2) is 11.5 Å². The van der Waals surface area contributed by atoms with Crippen LogP contribution in [0.3, 0.4) is 0 Å². The van der Waals surface area contributed by atoms with E-state index >= 15 is 0 Å². The molecular formula is C15H8BrNO4. The van der Waals surface area contributed by atoms with Gasteiger partial charge in [-0.3, -0.25) is 9.59 Å². The Labute approximate surface area is 127 Å². The van der Waals surface area contributed by atoms with Gasteiger partial charge in [-0.2, -0.15) is 0 Å². The van der Waals surface area contributed by atoms with Gasteiger partial charge in [0, 0.05) is 10.0 Å². The summed E-state index contributed by atoms with van der Waals surface area (Å²) in [7, 11) is 0. The lowest BCUT2D eigenvalue weighted by Gasteiger charge is -1.99. The van der Waals surface area contributed by atoms with Crippen LogP contribution >= 0.6 is 15.9 Å². The summed E-state index contributed by atoms with van der Waals surface area (Å²) >= 11 is 3.30. The van der Waals surface area contributed by atoms with Gasteiger partial charge in [0.25, 0.3) is 0 Å². The molecule has 0 radical (unpaired) electrons. The van der Waals surface area contributed by atoms with Crippen LogP contribution in [-0.4, -0.2) is 16.7 Å². The first-order chi connectivity index (χ1) is 10.2. The lowest BCUT2D eigenvalue weighted by molar-refractivity contribution is 0.0986. The maximum absolute atomic E-state index is 12.4. The van der Waals surface area contributed by atoms with E-state index < -0.39 is 5.78 Å². The lowest BCUT2D eigenvalue weighted by Crippen LogP contribution is -2.09. The Balaban J connectivity index is 1.97. The Bertz CT molecular complexity index is 787. The third kappa shape index (κ3) is 2.57. The van der Waals surface area contributed by atoms with Crippen molar-refractivity contribution in [2.45, 2.75) is 0 Å². The van der Waals surface area contributed by atoms with Gasteiger partial charge in [-0.25, -0.2) is 0 Å². The summed E-state index contributed by atoms with van der Waals surface area (Å²) < 4.78 is 10.7. The predicted molar refractivity (Wildman–Crippen MR) is 76.2 cm³/mol. The molecule has 2 heterocycles. The summed E-state index contributed by atoms with van der Waals surface area (Å²) in [6.07, 6.45) is 2.54. The fraction of sp³-hybridized carbons (Fsp3) is 0. The van der Waals surface area contributed by atoms with E-state index in [1.54, 1.807) is 30.3 Å². The minimum absolute atomic E-state index is 0.0290. The standard InChI is InChI=1S/C15H8BrNO4/c16-10-5-3-9(4-6-10)14(18)13-11(8-21-17-13)15(19)12-2-1-7-20-12/h1-8H. The average molecular weight is 346 g/mol. The van der Waals surface area contributed by atoms with E-state index in [-0.39, 0.29) is 22.8 Å². The fourth-order valence-corrected chi connectivity index (χ4v) is 2.10. The van der Waals surface area contributed by atoms with Crippen LogP contribution < -0.4 is 0 Å². The molecule has 104 valence electrons. The van der Waals surface area contributed by atoms with Gasteiger partial charge in [0.1, 0.15) is 6.26 Å². The van der Waals surface area contributed by atoms with Gasteiger partial charge in [-0.1, -0.05) is 21.1 Å². The quantitative estimate of drug-likeness (QED) is 0.676. The highest BCUT2D eigenvalue weighted by Gasteiger charge is 2.25. The van der Waals surface area contributed by atoms with Gasteiger partial charge in [-0.15, -0.1) is 0 Å². The van der Waals surface area contributed by atoms with E-state index in [1.165, 1.54) is 12.3 Å². The Kier molecular flexibility index (Phi) is 3.53. The summed E-state index contributed by atoms with van der Waals surface area (Å²) in [5, 5.41) is 3.65. The second kappa shape index (κ2) is 5.49. The highest BCUT2D eigenvalue weighted by Crippen LogP contribution is 2.19. The van der Waals surface area contributed by atoms with Crippen LogP contribution in [0.25, 0.3) is 0 Å². The molecule has 0 aliphatic heterocycles. The van der Waals surface area contributed by atoms with E-state index in [4.69, 9.17) is 8.94 Å². The molecule has 0 spiro atoms. The Morgan fingerprint density at radius 1 is 1.05 bits per heavy atom. The maximum Gasteiger partial charge on any atom is 0.233 e. The van der Waals surface area contributed by atoms with Crippen molar-refractivity contribution in [1.82, 2.24) is 5.16 Å². The summed E-state index contributed by atoms with van der Waals surface area (Å²) in [4.78, 5) is 24.6. The van der Waals surface area contributed by atoms with Crippen molar-refractivity contribution in [1.29, 1.82) is 0 Å². The second-order valence-electron chi connectivity index (χ2n) is 4.22. The maximum atomic E-state index is 12.4. The molecule has 3 aromatic rings. The summed E-state index contributed by atoms with van der Waals surface area (Å²) in [6, 6.07) is 9.87. The molecule has 21 heavy (non-hydrogen) atoms. The second-order valence-corrected chi connectivity index (χ2v) is 5.13. The first kappa shape index (κ1) is 13.5. The molecule has 1 aromatic carbocycles. The van der Waals surface area contributed by atoms with Gasteiger partial charge >= 0.3 is 0 Å². The number of furan rings is 1. The molecule has 0 unspecified atom stereocenters. The van der Waals surface area contributed by atoms with Crippen molar-refractivity contribution in [3.8, 4) is 0 Å². The molecule has 0 fully saturated rings. The number of nitrogens with zero attached hydrogens (tertiary/aromatic N) is 1. The molecule has 0 amide bonds. The highest BCUT2D eigenvalue weighted by atomic mass is 79.9. The van der Waals surface area contributed by atoms with Crippen LogP contribution in [0.2, 0.25) is 0 Å². The Morgan fingerprint density at radius 2 is 1.81 bits per heavy atom. The number of carbonyl (C=O) groups is 2. The monoisotopic (exact) mass is 345 g/mol. The van der Waals surface area contributed by atoms with Gasteiger partial charge in [0.2, 0.25) is 11.6 Å². The summed E-state index contributed by atoms with van der Waals surface area (Å²) in [6.45, 7) is 0. The zero-order valence-corrected chi connectivity index (χ0v) is 12.2. The topological polar surface area (TPSA) is 73.3 Å². The van der Waals surface area contributed by atoms with Crippen LogP contribution in [0.1, 0.15) is 32.2 Å².